The predicted molar refractivity (Wildman–Crippen MR) is 125 cm³/mol. The van der Waals surface area contributed by atoms with Gasteiger partial charge in [0.25, 0.3) is 15.9 Å². The molecule has 4 aromatic rings. The Morgan fingerprint density at radius 3 is 2.66 bits per heavy atom. The summed E-state index contributed by atoms with van der Waals surface area (Å²) in [4.78, 5) is 17.4. The number of carbonyl (C=O) groups excluding carboxylic acids is 1. The number of sulfonamides is 1. The lowest BCUT2D eigenvalue weighted by Crippen LogP contribution is -2.35. The van der Waals surface area contributed by atoms with E-state index in [4.69, 9.17) is 0 Å². The van der Waals surface area contributed by atoms with Gasteiger partial charge in [-0.25, -0.2) is 8.42 Å². The van der Waals surface area contributed by atoms with Gasteiger partial charge in [-0.15, -0.1) is 0 Å². The molecule has 1 aliphatic rings. The van der Waals surface area contributed by atoms with Crippen LogP contribution in [-0.4, -0.2) is 25.9 Å². The van der Waals surface area contributed by atoms with Gasteiger partial charge in [0.15, 0.2) is 0 Å². The summed E-state index contributed by atoms with van der Waals surface area (Å²) in [6.07, 6.45) is 3.27. The summed E-state index contributed by atoms with van der Waals surface area (Å²) < 4.78 is 28.3. The highest BCUT2D eigenvalue weighted by atomic mass is 32.2. The van der Waals surface area contributed by atoms with Gasteiger partial charge >= 0.3 is 0 Å². The van der Waals surface area contributed by atoms with Crippen molar-refractivity contribution in [3.8, 4) is 0 Å². The first kappa shape index (κ1) is 20.2. The molecule has 3 aromatic carbocycles. The number of hydrogen-bond donors (Lipinski definition) is 1. The van der Waals surface area contributed by atoms with Gasteiger partial charge in [0.1, 0.15) is 0 Å². The summed E-state index contributed by atoms with van der Waals surface area (Å²) in [6.45, 7) is 0.414. The summed E-state index contributed by atoms with van der Waals surface area (Å²) in [5, 5.41) is 3.77. The molecule has 160 valence electrons. The molecule has 2 heterocycles. The zero-order valence-electron chi connectivity index (χ0n) is 17.2. The number of benzene rings is 3. The lowest BCUT2D eigenvalue weighted by molar-refractivity contribution is 0.102. The number of fused-ring (bicyclic) bond motifs is 2. The number of hydrogen-bond acceptors (Lipinski definition) is 4. The van der Waals surface area contributed by atoms with E-state index < -0.39 is 10.0 Å². The lowest BCUT2D eigenvalue weighted by atomic mass is 10.0. The number of nitrogens with zero attached hydrogens (tertiary/aromatic N) is 2. The van der Waals surface area contributed by atoms with Gasteiger partial charge in [-0.2, -0.15) is 0 Å². The van der Waals surface area contributed by atoms with Crippen LogP contribution in [0, 0.1) is 0 Å². The first-order chi connectivity index (χ1) is 15.5. The summed E-state index contributed by atoms with van der Waals surface area (Å²) in [5.41, 5.74) is 3.24. The molecule has 0 saturated heterocycles. The van der Waals surface area contributed by atoms with Crippen LogP contribution in [0.25, 0.3) is 10.9 Å². The van der Waals surface area contributed by atoms with E-state index in [2.05, 4.69) is 10.3 Å². The van der Waals surface area contributed by atoms with Crippen molar-refractivity contribution in [2.45, 2.75) is 17.7 Å². The Morgan fingerprint density at radius 1 is 0.938 bits per heavy atom. The van der Waals surface area contributed by atoms with Gasteiger partial charge in [-0.1, -0.05) is 42.5 Å². The minimum absolute atomic E-state index is 0.0953. The first-order valence-electron chi connectivity index (χ1n) is 10.4. The van der Waals surface area contributed by atoms with Crippen LogP contribution in [-0.2, 0) is 16.4 Å². The quantitative estimate of drug-likeness (QED) is 0.499. The Balaban J connectivity index is 1.46. The molecule has 0 bridgehead atoms. The molecule has 0 radical (unpaired) electrons. The Bertz CT molecular complexity index is 1430. The van der Waals surface area contributed by atoms with Gasteiger partial charge < -0.3 is 5.32 Å². The smallest absolute Gasteiger partial charge is 0.264 e. The summed E-state index contributed by atoms with van der Waals surface area (Å²) in [7, 11) is -3.80. The third-order valence-electron chi connectivity index (χ3n) is 5.63. The molecular formula is C25H21N3O3S. The lowest BCUT2D eigenvalue weighted by Gasteiger charge is -2.30. The van der Waals surface area contributed by atoms with Gasteiger partial charge in [-0.05, 0) is 54.8 Å². The second kappa shape index (κ2) is 8.09. The average Bonchev–Trinajstić information content (AvgIpc) is 2.84. The standard InChI is InChI=1S/C25H21N3O3S/c29-25(27-22-13-4-8-19-10-5-15-26-24(19)22)20-9-3-12-21(17-20)32(30,31)28-16-6-11-18-7-1-2-14-23(18)28/h1-5,7-10,12-15,17H,6,11,16H2,(H,27,29). The Kier molecular flexibility index (Phi) is 5.11. The second-order valence-electron chi connectivity index (χ2n) is 7.67. The first-order valence-corrected chi connectivity index (χ1v) is 11.8. The molecule has 0 aliphatic carbocycles. The Labute approximate surface area is 186 Å². The number of aromatic nitrogens is 1. The van der Waals surface area contributed by atoms with E-state index in [0.717, 1.165) is 23.8 Å². The van der Waals surface area contributed by atoms with Crippen molar-refractivity contribution in [3.05, 3.63) is 96.2 Å². The third-order valence-corrected chi connectivity index (χ3v) is 7.44. The fourth-order valence-electron chi connectivity index (χ4n) is 4.07. The van der Waals surface area contributed by atoms with Gasteiger partial charge in [0, 0.05) is 23.7 Å². The molecule has 0 spiro atoms. The molecule has 0 unspecified atom stereocenters. The van der Waals surface area contributed by atoms with E-state index in [0.29, 0.717) is 23.4 Å². The number of para-hydroxylation sites is 2. The number of nitrogens with one attached hydrogen (secondary N) is 1. The summed E-state index contributed by atoms with van der Waals surface area (Å²) in [6, 6.07) is 23.0. The number of pyridine rings is 1. The van der Waals surface area contributed by atoms with Crippen LogP contribution in [0.5, 0.6) is 0 Å². The molecule has 1 aliphatic heterocycles. The maximum Gasteiger partial charge on any atom is 0.264 e. The number of carbonyl (C=O) groups is 1. The second-order valence-corrected chi connectivity index (χ2v) is 9.53. The van der Waals surface area contributed by atoms with Crippen molar-refractivity contribution in [1.29, 1.82) is 0 Å². The number of rotatable bonds is 4. The normalized spacial score (nSPS) is 13.6. The van der Waals surface area contributed by atoms with E-state index in [1.165, 1.54) is 16.4 Å². The van der Waals surface area contributed by atoms with Crippen LogP contribution in [0.3, 0.4) is 0 Å². The number of aryl methyl sites for hydroxylation is 1. The van der Waals surface area contributed by atoms with Crippen molar-refractivity contribution < 1.29 is 13.2 Å². The Hall–Kier alpha value is -3.71. The molecule has 7 heteroatoms. The highest BCUT2D eigenvalue weighted by Gasteiger charge is 2.29. The highest BCUT2D eigenvalue weighted by molar-refractivity contribution is 7.92. The van der Waals surface area contributed by atoms with Crippen molar-refractivity contribution in [2.75, 3.05) is 16.2 Å². The molecule has 1 amide bonds. The monoisotopic (exact) mass is 443 g/mol. The molecule has 1 N–H and O–H groups in total. The topological polar surface area (TPSA) is 79.4 Å². The number of anilines is 2. The molecule has 0 fully saturated rings. The largest absolute Gasteiger partial charge is 0.320 e. The Morgan fingerprint density at radius 2 is 1.75 bits per heavy atom. The molecule has 6 nitrogen and oxygen atoms in total. The fraction of sp³-hybridized carbons (Fsp3) is 0.120. The summed E-state index contributed by atoms with van der Waals surface area (Å²) in [5.74, 6) is -0.390. The predicted octanol–water partition coefficient (Wildman–Crippen LogP) is 4.63. The van der Waals surface area contributed by atoms with Crippen LogP contribution in [0.15, 0.2) is 90.0 Å². The molecule has 1 aromatic heterocycles. The van der Waals surface area contributed by atoms with Crippen molar-refractivity contribution in [3.63, 3.8) is 0 Å². The average molecular weight is 444 g/mol. The van der Waals surface area contributed by atoms with E-state index >= 15 is 0 Å². The highest BCUT2D eigenvalue weighted by Crippen LogP contribution is 2.32. The van der Waals surface area contributed by atoms with Gasteiger partial charge in [0.2, 0.25) is 0 Å². The van der Waals surface area contributed by atoms with Crippen LogP contribution in [0.1, 0.15) is 22.3 Å². The van der Waals surface area contributed by atoms with Crippen LogP contribution >= 0.6 is 0 Å². The molecule has 5 rings (SSSR count). The van der Waals surface area contributed by atoms with Crippen LogP contribution < -0.4 is 9.62 Å². The van der Waals surface area contributed by atoms with E-state index in [9.17, 15) is 13.2 Å². The van der Waals surface area contributed by atoms with Crippen LogP contribution in [0.2, 0.25) is 0 Å². The zero-order chi connectivity index (χ0) is 22.1. The molecular weight excluding hydrogens is 422 g/mol. The maximum atomic E-state index is 13.4. The summed E-state index contributed by atoms with van der Waals surface area (Å²) >= 11 is 0. The minimum Gasteiger partial charge on any atom is -0.320 e. The van der Waals surface area contributed by atoms with Crippen molar-refractivity contribution in [2.24, 2.45) is 0 Å². The van der Waals surface area contributed by atoms with E-state index in [-0.39, 0.29) is 16.4 Å². The van der Waals surface area contributed by atoms with Crippen molar-refractivity contribution >= 4 is 38.2 Å². The van der Waals surface area contributed by atoms with Gasteiger partial charge in [-0.3, -0.25) is 14.1 Å². The molecule has 0 atom stereocenters. The molecule has 0 saturated carbocycles. The van der Waals surface area contributed by atoms with Crippen molar-refractivity contribution in [1.82, 2.24) is 4.98 Å². The fourth-order valence-corrected chi connectivity index (χ4v) is 5.66. The van der Waals surface area contributed by atoms with E-state index in [1.807, 2.05) is 48.5 Å². The SMILES string of the molecule is O=C(Nc1cccc2cccnc12)c1cccc(S(=O)(=O)N2CCCc3ccccc32)c1. The van der Waals surface area contributed by atoms with Gasteiger partial charge in [0.05, 0.1) is 21.8 Å². The number of amides is 1. The maximum absolute atomic E-state index is 13.4. The third kappa shape index (κ3) is 3.61. The zero-order valence-corrected chi connectivity index (χ0v) is 18.0. The van der Waals surface area contributed by atoms with E-state index in [1.54, 1.807) is 24.4 Å². The molecule has 32 heavy (non-hydrogen) atoms. The minimum atomic E-state index is -3.80. The van der Waals surface area contributed by atoms with Crippen LogP contribution in [0.4, 0.5) is 11.4 Å².